The number of nitrogens with zero attached hydrogens (tertiary/aromatic N) is 3. The Morgan fingerprint density at radius 3 is 2.73 bits per heavy atom. The maximum Gasteiger partial charge on any atom is 0.404 e. The number of anilines is 3. The number of aryl methyl sites for hydroxylation is 1. The largest absolute Gasteiger partial charge is 0.465 e. The second kappa shape index (κ2) is 7.78. The number of nitriles is 1. The molecule has 1 aromatic heterocycles. The van der Waals surface area contributed by atoms with Gasteiger partial charge in [-0.2, -0.15) is 10.4 Å². The number of carboxylic acid groups (broad SMARTS) is 1. The summed E-state index contributed by atoms with van der Waals surface area (Å²) in [5.41, 5.74) is 2.86. The molecule has 1 amide bonds. The molecular formula is C18H22N6O2. The van der Waals surface area contributed by atoms with E-state index >= 15 is 0 Å². The van der Waals surface area contributed by atoms with Crippen LogP contribution in [0.3, 0.4) is 0 Å². The molecule has 0 saturated heterocycles. The molecule has 1 fully saturated rings. The van der Waals surface area contributed by atoms with Crippen molar-refractivity contribution in [1.29, 1.82) is 5.26 Å². The molecule has 2 aromatic rings. The highest BCUT2D eigenvalue weighted by atomic mass is 16.4. The SMILES string of the molecule is Cn1cc(Nc2cc(NC3CCCCC3NC(=O)O)ccc2C#N)cn1. The van der Waals surface area contributed by atoms with Crippen molar-refractivity contribution in [3.05, 3.63) is 36.2 Å². The molecule has 0 spiro atoms. The van der Waals surface area contributed by atoms with Crippen LogP contribution in [0.5, 0.6) is 0 Å². The predicted molar refractivity (Wildman–Crippen MR) is 98.5 cm³/mol. The second-order valence-electron chi connectivity index (χ2n) is 6.49. The molecule has 0 radical (unpaired) electrons. The molecular weight excluding hydrogens is 332 g/mol. The lowest BCUT2D eigenvalue weighted by Gasteiger charge is -2.32. The van der Waals surface area contributed by atoms with E-state index in [4.69, 9.17) is 5.11 Å². The number of hydrogen-bond donors (Lipinski definition) is 4. The zero-order valence-corrected chi connectivity index (χ0v) is 14.6. The minimum atomic E-state index is -0.998. The Labute approximate surface area is 151 Å². The molecule has 0 bridgehead atoms. The third kappa shape index (κ3) is 4.25. The maximum absolute atomic E-state index is 11.0. The lowest BCUT2D eigenvalue weighted by Crippen LogP contribution is -2.48. The van der Waals surface area contributed by atoms with Crippen molar-refractivity contribution in [2.24, 2.45) is 7.05 Å². The van der Waals surface area contributed by atoms with E-state index in [0.29, 0.717) is 11.3 Å². The van der Waals surface area contributed by atoms with Gasteiger partial charge in [-0.15, -0.1) is 0 Å². The molecule has 3 rings (SSSR count). The molecule has 4 N–H and O–H groups in total. The Balaban J connectivity index is 1.78. The first-order valence-electron chi connectivity index (χ1n) is 8.61. The van der Waals surface area contributed by atoms with E-state index in [2.05, 4.69) is 27.1 Å². The first-order chi connectivity index (χ1) is 12.5. The van der Waals surface area contributed by atoms with Crippen molar-refractivity contribution in [3.8, 4) is 6.07 Å². The van der Waals surface area contributed by atoms with E-state index in [-0.39, 0.29) is 12.1 Å². The Kier molecular flexibility index (Phi) is 5.27. The molecule has 8 nitrogen and oxygen atoms in total. The van der Waals surface area contributed by atoms with Crippen LogP contribution >= 0.6 is 0 Å². The van der Waals surface area contributed by atoms with Crippen LogP contribution in [0.4, 0.5) is 21.9 Å². The fourth-order valence-corrected chi connectivity index (χ4v) is 3.33. The van der Waals surface area contributed by atoms with Gasteiger partial charge in [-0.05, 0) is 31.0 Å². The third-order valence-electron chi connectivity index (χ3n) is 4.55. The first kappa shape index (κ1) is 17.6. The van der Waals surface area contributed by atoms with Crippen molar-refractivity contribution in [1.82, 2.24) is 15.1 Å². The van der Waals surface area contributed by atoms with Crippen molar-refractivity contribution in [3.63, 3.8) is 0 Å². The maximum atomic E-state index is 11.0. The molecule has 1 aliphatic carbocycles. The van der Waals surface area contributed by atoms with E-state index in [1.807, 2.05) is 25.4 Å². The molecule has 1 saturated carbocycles. The van der Waals surface area contributed by atoms with Crippen molar-refractivity contribution >= 4 is 23.2 Å². The molecule has 8 heteroatoms. The monoisotopic (exact) mass is 354 g/mol. The highest BCUT2D eigenvalue weighted by molar-refractivity contribution is 5.71. The smallest absolute Gasteiger partial charge is 0.404 e. The number of aromatic nitrogens is 2. The van der Waals surface area contributed by atoms with Crippen LogP contribution in [-0.4, -0.2) is 33.1 Å². The van der Waals surface area contributed by atoms with Crippen molar-refractivity contribution in [2.45, 2.75) is 37.8 Å². The van der Waals surface area contributed by atoms with Crippen LogP contribution in [0, 0.1) is 11.3 Å². The molecule has 26 heavy (non-hydrogen) atoms. The van der Waals surface area contributed by atoms with Gasteiger partial charge in [0.2, 0.25) is 0 Å². The van der Waals surface area contributed by atoms with Crippen LogP contribution < -0.4 is 16.0 Å². The average Bonchev–Trinajstić information content (AvgIpc) is 3.01. The summed E-state index contributed by atoms with van der Waals surface area (Å²) in [6.45, 7) is 0. The predicted octanol–water partition coefficient (Wildman–Crippen LogP) is 3.03. The summed E-state index contributed by atoms with van der Waals surface area (Å²) < 4.78 is 1.68. The van der Waals surface area contributed by atoms with E-state index < -0.39 is 6.09 Å². The summed E-state index contributed by atoms with van der Waals surface area (Å²) in [6.07, 6.45) is 6.32. The second-order valence-corrected chi connectivity index (χ2v) is 6.49. The molecule has 1 aliphatic rings. The van der Waals surface area contributed by atoms with Crippen molar-refractivity contribution < 1.29 is 9.90 Å². The number of nitrogens with one attached hydrogen (secondary N) is 3. The highest BCUT2D eigenvalue weighted by Crippen LogP contribution is 2.27. The Morgan fingerprint density at radius 2 is 2.08 bits per heavy atom. The molecule has 1 heterocycles. The molecule has 1 aromatic carbocycles. The van der Waals surface area contributed by atoms with Gasteiger partial charge in [0.25, 0.3) is 0 Å². The Hall–Kier alpha value is -3.21. The average molecular weight is 354 g/mol. The lowest BCUT2D eigenvalue weighted by atomic mass is 9.90. The number of amides is 1. The molecule has 2 atom stereocenters. The summed E-state index contributed by atoms with van der Waals surface area (Å²) in [5, 5.41) is 31.7. The van der Waals surface area contributed by atoms with Crippen LogP contribution in [-0.2, 0) is 7.05 Å². The summed E-state index contributed by atoms with van der Waals surface area (Å²) in [4.78, 5) is 11.0. The van der Waals surface area contributed by atoms with Gasteiger partial charge in [0.1, 0.15) is 6.07 Å². The van der Waals surface area contributed by atoms with Gasteiger partial charge in [-0.25, -0.2) is 4.79 Å². The minimum absolute atomic E-state index is 0.0269. The minimum Gasteiger partial charge on any atom is -0.465 e. The van der Waals surface area contributed by atoms with Gasteiger partial charge in [-0.1, -0.05) is 12.8 Å². The van der Waals surface area contributed by atoms with E-state index in [1.165, 1.54) is 0 Å². The number of hydrogen-bond acceptors (Lipinski definition) is 5. The molecule has 136 valence electrons. The Morgan fingerprint density at radius 1 is 1.31 bits per heavy atom. The summed E-state index contributed by atoms with van der Waals surface area (Å²) in [5.74, 6) is 0. The van der Waals surface area contributed by atoms with Gasteiger partial charge in [0, 0.05) is 25.0 Å². The van der Waals surface area contributed by atoms with Gasteiger partial charge in [0.05, 0.1) is 29.2 Å². The van der Waals surface area contributed by atoms with E-state index in [9.17, 15) is 10.1 Å². The van der Waals surface area contributed by atoms with E-state index in [0.717, 1.165) is 37.1 Å². The van der Waals surface area contributed by atoms with E-state index in [1.54, 1.807) is 16.9 Å². The standard InChI is InChI=1S/C18H22N6O2/c1-24-11-14(10-20-24)22-17-8-13(7-6-12(17)9-19)21-15-4-2-3-5-16(15)23-18(25)26/h6-8,10-11,15-16,21-23H,2-5H2,1H3,(H,25,26). The van der Waals surface area contributed by atoms with Crippen LogP contribution in [0.2, 0.25) is 0 Å². The zero-order chi connectivity index (χ0) is 18.5. The molecule has 0 aliphatic heterocycles. The zero-order valence-electron chi connectivity index (χ0n) is 14.6. The Bertz CT molecular complexity index is 825. The fraction of sp³-hybridized carbons (Fsp3) is 0.389. The summed E-state index contributed by atoms with van der Waals surface area (Å²) in [7, 11) is 1.83. The first-order valence-corrected chi connectivity index (χ1v) is 8.61. The topological polar surface area (TPSA) is 115 Å². The van der Waals surface area contributed by atoms with Crippen LogP contribution in [0.15, 0.2) is 30.6 Å². The van der Waals surface area contributed by atoms with Gasteiger partial charge >= 0.3 is 6.09 Å². The lowest BCUT2D eigenvalue weighted by molar-refractivity contribution is 0.184. The van der Waals surface area contributed by atoms with Crippen molar-refractivity contribution in [2.75, 3.05) is 10.6 Å². The highest BCUT2D eigenvalue weighted by Gasteiger charge is 2.26. The normalized spacial score (nSPS) is 19.4. The van der Waals surface area contributed by atoms with Gasteiger partial charge in [0.15, 0.2) is 0 Å². The third-order valence-corrected chi connectivity index (χ3v) is 4.55. The number of carbonyl (C=O) groups is 1. The van der Waals surface area contributed by atoms with Gasteiger partial charge < -0.3 is 21.1 Å². The number of benzene rings is 1. The molecule has 2 unspecified atom stereocenters. The van der Waals surface area contributed by atoms with Gasteiger partial charge in [-0.3, -0.25) is 4.68 Å². The van der Waals surface area contributed by atoms with Crippen LogP contribution in [0.25, 0.3) is 0 Å². The summed E-state index contributed by atoms with van der Waals surface area (Å²) in [6, 6.07) is 7.56. The summed E-state index contributed by atoms with van der Waals surface area (Å²) >= 11 is 0. The number of rotatable bonds is 5. The quantitative estimate of drug-likeness (QED) is 0.656. The van der Waals surface area contributed by atoms with Crippen LogP contribution in [0.1, 0.15) is 31.2 Å². The fourth-order valence-electron chi connectivity index (χ4n) is 3.33.